The number of carbonyl (C=O) groups is 1. The van der Waals surface area contributed by atoms with E-state index in [1.54, 1.807) is 12.1 Å². The molecule has 1 aliphatic rings. The third-order valence-corrected chi connectivity index (χ3v) is 6.85. The average molecular weight is 440 g/mol. The summed E-state index contributed by atoms with van der Waals surface area (Å²) in [7, 11) is -2.20. The number of rotatable bonds is 5. The second kappa shape index (κ2) is 8.36. The minimum atomic E-state index is -3.69. The summed E-state index contributed by atoms with van der Waals surface area (Å²) in [6.45, 7) is 0.584. The van der Waals surface area contributed by atoms with E-state index in [4.69, 9.17) is 16.3 Å². The Morgan fingerprint density at radius 1 is 1.10 bits per heavy atom. The van der Waals surface area contributed by atoms with E-state index in [-0.39, 0.29) is 47.3 Å². The van der Waals surface area contributed by atoms with Crippen molar-refractivity contribution >= 4 is 33.2 Å². The van der Waals surface area contributed by atoms with Gasteiger partial charge in [-0.3, -0.25) is 14.9 Å². The molecule has 29 heavy (non-hydrogen) atoms. The van der Waals surface area contributed by atoms with Gasteiger partial charge in [0, 0.05) is 37.8 Å². The first kappa shape index (κ1) is 21.0. The number of piperazine rings is 1. The standard InChI is InChI=1S/C18H18ClN3O6S/c1-28-14-3-5-15(6-4-14)29(26,27)21-10-8-20(9-11-21)18(23)13-2-7-16(19)17(12-13)22(24)25/h2-7,12H,8-11H2,1H3. The number of amides is 1. The lowest BCUT2D eigenvalue weighted by molar-refractivity contribution is -0.384. The van der Waals surface area contributed by atoms with E-state index in [9.17, 15) is 23.3 Å². The van der Waals surface area contributed by atoms with Crippen LogP contribution < -0.4 is 4.74 Å². The normalized spacial score (nSPS) is 15.2. The van der Waals surface area contributed by atoms with Gasteiger partial charge < -0.3 is 9.64 Å². The van der Waals surface area contributed by atoms with Crippen LogP contribution in [0, 0.1) is 10.1 Å². The molecule has 0 aliphatic carbocycles. The van der Waals surface area contributed by atoms with Gasteiger partial charge in [0.1, 0.15) is 10.8 Å². The summed E-state index contributed by atoms with van der Waals surface area (Å²) in [5.74, 6) is 0.141. The molecular weight excluding hydrogens is 422 g/mol. The zero-order valence-corrected chi connectivity index (χ0v) is 17.0. The summed E-state index contributed by atoms with van der Waals surface area (Å²) >= 11 is 5.78. The number of carbonyl (C=O) groups excluding carboxylic acids is 1. The van der Waals surface area contributed by atoms with E-state index < -0.39 is 20.9 Å². The van der Waals surface area contributed by atoms with Gasteiger partial charge in [0.05, 0.1) is 16.9 Å². The first-order chi connectivity index (χ1) is 13.7. The maximum atomic E-state index is 12.8. The smallest absolute Gasteiger partial charge is 0.288 e. The van der Waals surface area contributed by atoms with E-state index >= 15 is 0 Å². The molecule has 9 nitrogen and oxygen atoms in total. The summed E-state index contributed by atoms with van der Waals surface area (Å²) in [5.41, 5.74) is -0.217. The number of methoxy groups -OCH3 is 1. The second-order valence-corrected chi connectivity index (χ2v) is 8.64. The SMILES string of the molecule is COc1ccc(S(=O)(=O)N2CCN(C(=O)c3ccc(Cl)c([N+](=O)[O-])c3)CC2)cc1. The van der Waals surface area contributed by atoms with Gasteiger partial charge in [-0.25, -0.2) is 8.42 Å². The van der Waals surface area contributed by atoms with Crippen LogP contribution in [0.4, 0.5) is 5.69 Å². The fourth-order valence-corrected chi connectivity index (χ4v) is 4.61. The molecule has 154 valence electrons. The van der Waals surface area contributed by atoms with Crippen LogP contribution in [0.25, 0.3) is 0 Å². The molecular formula is C18H18ClN3O6S. The van der Waals surface area contributed by atoms with E-state index in [0.717, 1.165) is 6.07 Å². The Labute approximate surface area is 172 Å². The topological polar surface area (TPSA) is 110 Å². The van der Waals surface area contributed by atoms with Crippen LogP contribution >= 0.6 is 11.6 Å². The Balaban J connectivity index is 1.70. The van der Waals surface area contributed by atoms with Crippen molar-refractivity contribution in [1.29, 1.82) is 0 Å². The van der Waals surface area contributed by atoms with E-state index in [1.165, 1.54) is 40.6 Å². The Hall–Kier alpha value is -2.69. The van der Waals surface area contributed by atoms with Crippen molar-refractivity contribution in [3.05, 3.63) is 63.2 Å². The van der Waals surface area contributed by atoms with Crippen LogP contribution in [0.3, 0.4) is 0 Å². The Kier molecular flexibility index (Phi) is 6.06. The fourth-order valence-electron chi connectivity index (χ4n) is 3.00. The summed E-state index contributed by atoms with van der Waals surface area (Å²) in [4.78, 5) is 24.6. The van der Waals surface area contributed by atoms with Crippen LogP contribution in [0.15, 0.2) is 47.4 Å². The van der Waals surface area contributed by atoms with Gasteiger partial charge in [-0.05, 0) is 36.4 Å². The number of ether oxygens (including phenoxy) is 1. The highest BCUT2D eigenvalue weighted by Gasteiger charge is 2.31. The van der Waals surface area contributed by atoms with Crippen molar-refractivity contribution < 1.29 is 22.9 Å². The third kappa shape index (κ3) is 4.34. The molecule has 1 heterocycles. The van der Waals surface area contributed by atoms with Gasteiger partial charge in [-0.15, -0.1) is 0 Å². The number of nitro groups is 1. The summed E-state index contributed by atoms with van der Waals surface area (Å²) in [6.07, 6.45) is 0. The molecule has 0 bridgehead atoms. The molecule has 0 aromatic heterocycles. The molecule has 1 amide bonds. The van der Waals surface area contributed by atoms with E-state index in [1.807, 2.05) is 0 Å². The number of hydrogen-bond donors (Lipinski definition) is 0. The quantitative estimate of drug-likeness (QED) is 0.522. The van der Waals surface area contributed by atoms with Crippen molar-refractivity contribution in [3.8, 4) is 5.75 Å². The summed E-state index contributed by atoms with van der Waals surface area (Å²) in [5, 5.41) is 11.0. The van der Waals surface area contributed by atoms with E-state index in [2.05, 4.69) is 0 Å². The van der Waals surface area contributed by atoms with Crippen LogP contribution in [-0.2, 0) is 10.0 Å². The van der Waals surface area contributed by atoms with Crippen molar-refractivity contribution in [1.82, 2.24) is 9.21 Å². The highest BCUT2D eigenvalue weighted by molar-refractivity contribution is 7.89. The first-order valence-electron chi connectivity index (χ1n) is 8.61. The van der Waals surface area contributed by atoms with Gasteiger partial charge >= 0.3 is 0 Å². The predicted octanol–water partition coefficient (Wildman–Crippen LogP) is 2.40. The third-order valence-electron chi connectivity index (χ3n) is 4.61. The molecule has 0 N–H and O–H groups in total. The van der Waals surface area contributed by atoms with Crippen LogP contribution in [0.2, 0.25) is 5.02 Å². The first-order valence-corrected chi connectivity index (χ1v) is 10.4. The van der Waals surface area contributed by atoms with Gasteiger partial charge in [0.15, 0.2) is 0 Å². The molecule has 0 radical (unpaired) electrons. The molecule has 3 rings (SSSR count). The molecule has 2 aromatic rings. The average Bonchev–Trinajstić information content (AvgIpc) is 2.73. The van der Waals surface area contributed by atoms with Gasteiger partial charge in [0.2, 0.25) is 10.0 Å². The van der Waals surface area contributed by atoms with Crippen LogP contribution in [-0.4, -0.2) is 61.7 Å². The number of nitrogens with zero attached hydrogens (tertiary/aromatic N) is 3. The molecule has 1 saturated heterocycles. The van der Waals surface area contributed by atoms with Gasteiger partial charge in [0.25, 0.3) is 11.6 Å². The molecule has 2 aromatic carbocycles. The molecule has 0 saturated carbocycles. The monoisotopic (exact) mass is 439 g/mol. The minimum absolute atomic E-state index is 0.0537. The highest BCUT2D eigenvalue weighted by Crippen LogP contribution is 2.26. The maximum Gasteiger partial charge on any atom is 0.288 e. The lowest BCUT2D eigenvalue weighted by Gasteiger charge is -2.34. The van der Waals surface area contributed by atoms with Gasteiger partial charge in [-0.1, -0.05) is 11.6 Å². The molecule has 0 spiro atoms. The Bertz CT molecular complexity index is 1030. The summed E-state index contributed by atoms with van der Waals surface area (Å²) < 4.78 is 31.9. The largest absolute Gasteiger partial charge is 0.497 e. The Morgan fingerprint density at radius 3 is 2.28 bits per heavy atom. The zero-order valence-electron chi connectivity index (χ0n) is 15.4. The van der Waals surface area contributed by atoms with Crippen molar-refractivity contribution in [2.45, 2.75) is 4.90 Å². The molecule has 1 fully saturated rings. The van der Waals surface area contributed by atoms with Crippen molar-refractivity contribution in [2.24, 2.45) is 0 Å². The van der Waals surface area contributed by atoms with Crippen molar-refractivity contribution in [2.75, 3.05) is 33.3 Å². The number of nitro benzene ring substituents is 1. The van der Waals surface area contributed by atoms with Crippen LogP contribution in [0.1, 0.15) is 10.4 Å². The number of benzene rings is 2. The number of sulfonamides is 1. The Morgan fingerprint density at radius 2 is 1.72 bits per heavy atom. The van der Waals surface area contributed by atoms with Crippen LogP contribution in [0.5, 0.6) is 5.75 Å². The number of halogens is 1. The second-order valence-electron chi connectivity index (χ2n) is 6.30. The summed E-state index contributed by atoms with van der Waals surface area (Å²) in [6, 6.07) is 9.93. The molecule has 0 unspecified atom stereocenters. The minimum Gasteiger partial charge on any atom is -0.497 e. The van der Waals surface area contributed by atoms with Crippen molar-refractivity contribution in [3.63, 3.8) is 0 Å². The fraction of sp³-hybridized carbons (Fsp3) is 0.278. The highest BCUT2D eigenvalue weighted by atomic mass is 35.5. The predicted molar refractivity (Wildman–Crippen MR) is 106 cm³/mol. The maximum absolute atomic E-state index is 12.8. The zero-order chi connectivity index (χ0) is 21.2. The lowest BCUT2D eigenvalue weighted by Crippen LogP contribution is -2.50. The lowest BCUT2D eigenvalue weighted by atomic mass is 10.1. The van der Waals surface area contributed by atoms with Gasteiger partial charge in [-0.2, -0.15) is 4.31 Å². The molecule has 0 atom stereocenters. The molecule has 11 heteroatoms. The molecule has 1 aliphatic heterocycles. The van der Waals surface area contributed by atoms with E-state index in [0.29, 0.717) is 5.75 Å². The number of hydrogen-bond acceptors (Lipinski definition) is 6.